The molecule has 1 atom stereocenters. The molecule has 0 fully saturated rings. The maximum absolute atomic E-state index is 14.1. The summed E-state index contributed by atoms with van der Waals surface area (Å²) >= 11 is 8.22. The van der Waals surface area contributed by atoms with Gasteiger partial charge in [0.1, 0.15) is 0 Å². The Morgan fingerprint density at radius 3 is 2.45 bits per heavy atom. The Morgan fingerprint density at radius 2 is 1.85 bits per heavy atom. The molecule has 0 spiro atoms. The van der Waals surface area contributed by atoms with Crippen molar-refractivity contribution in [3.8, 4) is 0 Å². The van der Waals surface area contributed by atoms with Gasteiger partial charge in [-0.25, -0.2) is 8.78 Å². The van der Waals surface area contributed by atoms with Crippen molar-refractivity contribution in [2.24, 2.45) is 0 Å². The van der Waals surface area contributed by atoms with E-state index >= 15 is 0 Å². The molecular weight excluding hydrogens is 395 g/mol. The van der Waals surface area contributed by atoms with Gasteiger partial charge >= 0.3 is 0 Å². The highest BCUT2D eigenvalue weighted by atomic mass is 127. The largest absolute Gasteiger partial charge is 0.309 e. The molecule has 0 aliphatic rings. The summed E-state index contributed by atoms with van der Waals surface area (Å²) in [6, 6.07) is 8.20. The van der Waals surface area contributed by atoms with E-state index in [0.29, 0.717) is 10.6 Å². The molecule has 2 rings (SSSR count). The van der Waals surface area contributed by atoms with Crippen LogP contribution >= 0.6 is 34.2 Å². The highest BCUT2D eigenvalue weighted by Gasteiger charge is 2.20. The van der Waals surface area contributed by atoms with Crippen molar-refractivity contribution in [1.29, 1.82) is 0 Å². The molecule has 0 aliphatic heterocycles. The molecule has 0 bridgehead atoms. The van der Waals surface area contributed by atoms with Gasteiger partial charge in [0.25, 0.3) is 0 Å². The van der Waals surface area contributed by atoms with Crippen molar-refractivity contribution >= 4 is 34.2 Å². The van der Waals surface area contributed by atoms with Crippen molar-refractivity contribution in [2.45, 2.75) is 13.0 Å². The molecule has 2 aromatic carbocycles. The van der Waals surface area contributed by atoms with Crippen LogP contribution in [0.1, 0.15) is 22.7 Å². The quantitative estimate of drug-likeness (QED) is 0.718. The van der Waals surface area contributed by atoms with Gasteiger partial charge in [-0.3, -0.25) is 0 Å². The van der Waals surface area contributed by atoms with Crippen LogP contribution in [0.5, 0.6) is 0 Å². The Hall–Kier alpha value is -0.720. The number of halogens is 4. The molecule has 1 unspecified atom stereocenters. The van der Waals surface area contributed by atoms with E-state index in [1.54, 1.807) is 25.2 Å². The topological polar surface area (TPSA) is 12.0 Å². The molecule has 1 N–H and O–H groups in total. The average Bonchev–Trinajstić information content (AvgIpc) is 2.43. The third kappa shape index (κ3) is 2.97. The first kappa shape index (κ1) is 15.7. The number of nitrogens with one attached hydrogen (secondary N) is 1. The van der Waals surface area contributed by atoms with Crippen LogP contribution in [0, 0.1) is 22.1 Å². The summed E-state index contributed by atoms with van der Waals surface area (Å²) in [6.45, 7) is 1.54. The SMILES string of the molecule is CNC(c1ccc(I)c(Cl)c1)c1ccc(C)c(F)c1F. The lowest BCUT2D eigenvalue weighted by Crippen LogP contribution is -2.19. The predicted octanol–water partition coefficient (Wildman–Crippen LogP) is 4.84. The minimum atomic E-state index is -0.820. The van der Waals surface area contributed by atoms with E-state index in [0.717, 1.165) is 9.13 Å². The first-order valence-electron chi connectivity index (χ1n) is 6.02. The van der Waals surface area contributed by atoms with Gasteiger partial charge in [-0.15, -0.1) is 0 Å². The zero-order valence-corrected chi connectivity index (χ0v) is 13.9. The van der Waals surface area contributed by atoms with Crippen LogP contribution in [0.2, 0.25) is 5.02 Å². The molecule has 1 nitrogen and oxygen atoms in total. The Morgan fingerprint density at radius 1 is 1.15 bits per heavy atom. The zero-order chi connectivity index (χ0) is 14.9. The number of benzene rings is 2. The normalized spacial score (nSPS) is 12.5. The molecule has 0 heterocycles. The minimum Gasteiger partial charge on any atom is -0.309 e. The summed E-state index contributed by atoms with van der Waals surface area (Å²) in [4.78, 5) is 0. The van der Waals surface area contributed by atoms with Gasteiger partial charge in [-0.2, -0.15) is 0 Å². The third-order valence-electron chi connectivity index (χ3n) is 3.18. The van der Waals surface area contributed by atoms with Gasteiger partial charge < -0.3 is 5.32 Å². The van der Waals surface area contributed by atoms with E-state index in [4.69, 9.17) is 11.6 Å². The van der Waals surface area contributed by atoms with Gasteiger partial charge in [0.05, 0.1) is 11.1 Å². The van der Waals surface area contributed by atoms with Crippen LogP contribution in [-0.4, -0.2) is 7.05 Å². The van der Waals surface area contributed by atoms with E-state index in [1.807, 2.05) is 12.1 Å². The highest BCUT2D eigenvalue weighted by Crippen LogP contribution is 2.29. The molecule has 0 aromatic heterocycles. The third-order valence-corrected chi connectivity index (χ3v) is 4.75. The Labute approximate surface area is 135 Å². The molecular formula is C15H13ClF2IN. The van der Waals surface area contributed by atoms with Crippen molar-refractivity contribution in [3.63, 3.8) is 0 Å². The maximum Gasteiger partial charge on any atom is 0.164 e. The fourth-order valence-corrected chi connectivity index (χ4v) is 2.60. The van der Waals surface area contributed by atoms with E-state index in [-0.39, 0.29) is 5.56 Å². The van der Waals surface area contributed by atoms with E-state index in [1.165, 1.54) is 6.92 Å². The fraction of sp³-hybridized carbons (Fsp3) is 0.200. The lowest BCUT2D eigenvalue weighted by Gasteiger charge is -2.19. The van der Waals surface area contributed by atoms with E-state index in [9.17, 15) is 8.78 Å². The lowest BCUT2D eigenvalue weighted by molar-refractivity contribution is 0.482. The number of hydrogen-bond acceptors (Lipinski definition) is 1. The first-order valence-corrected chi connectivity index (χ1v) is 7.48. The zero-order valence-electron chi connectivity index (χ0n) is 11.0. The molecule has 2 aromatic rings. The van der Waals surface area contributed by atoms with Gasteiger partial charge in [0, 0.05) is 9.13 Å². The van der Waals surface area contributed by atoms with Crippen LogP contribution in [0.25, 0.3) is 0 Å². The summed E-state index contributed by atoms with van der Waals surface area (Å²) in [5.41, 5.74) is 1.36. The van der Waals surface area contributed by atoms with Crippen LogP contribution in [-0.2, 0) is 0 Å². The van der Waals surface area contributed by atoms with Crippen LogP contribution < -0.4 is 5.32 Å². The van der Waals surface area contributed by atoms with E-state index < -0.39 is 17.7 Å². The highest BCUT2D eigenvalue weighted by molar-refractivity contribution is 14.1. The Bertz CT molecular complexity index is 646. The molecule has 0 saturated carbocycles. The molecule has 20 heavy (non-hydrogen) atoms. The molecule has 0 aliphatic carbocycles. The standard InChI is InChI=1S/C15H13ClF2IN/c1-8-3-5-10(14(18)13(8)17)15(20-2)9-4-6-12(19)11(16)7-9/h3-7,15,20H,1-2H3. The average molecular weight is 408 g/mol. The van der Waals surface area contributed by atoms with Crippen molar-refractivity contribution in [3.05, 3.63) is 67.2 Å². The van der Waals surface area contributed by atoms with Crippen molar-refractivity contribution < 1.29 is 8.78 Å². The second-order valence-corrected chi connectivity index (χ2v) is 6.06. The second kappa shape index (κ2) is 6.37. The molecule has 0 saturated heterocycles. The monoisotopic (exact) mass is 407 g/mol. The van der Waals surface area contributed by atoms with Crippen LogP contribution in [0.15, 0.2) is 30.3 Å². The predicted molar refractivity (Wildman–Crippen MR) is 86.2 cm³/mol. The minimum absolute atomic E-state index is 0.271. The van der Waals surface area contributed by atoms with Gasteiger partial charge in [0.2, 0.25) is 0 Å². The smallest absolute Gasteiger partial charge is 0.164 e. The number of rotatable bonds is 3. The Kier molecular flexibility index (Phi) is 4.99. The van der Waals surface area contributed by atoms with Gasteiger partial charge in [-0.05, 0) is 59.8 Å². The van der Waals surface area contributed by atoms with Crippen molar-refractivity contribution in [2.75, 3.05) is 7.05 Å². The first-order chi connectivity index (χ1) is 9.45. The Balaban J connectivity index is 2.52. The summed E-state index contributed by atoms with van der Waals surface area (Å²) in [6.07, 6.45) is 0. The summed E-state index contributed by atoms with van der Waals surface area (Å²) in [5.74, 6) is -1.63. The van der Waals surface area contributed by atoms with Gasteiger partial charge in [0.15, 0.2) is 11.6 Å². The summed E-state index contributed by atoms with van der Waals surface area (Å²) < 4.78 is 28.7. The lowest BCUT2D eigenvalue weighted by atomic mass is 9.97. The van der Waals surface area contributed by atoms with Gasteiger partial charge in [-0.1, -0.05) is 29.8 Å². The molecule has 0 amide bonds. The van der Waals surface area contributed by atoms with E-state index in [2.05, 4.69) is 27.9 Å². The van der Waals surface area contributed by atoms with Crippen LogP contribution in [0.4, 0.5) is 8.78 Å². The summed E-state index contributed by atoms with van der Waals surface area (Å²) in [7, 11) is 1.70. The van der Waals surface area contributed by atoms with Crippen molar-refractivity contribution in [1.82, 2.24) is 5.32 Å². The number of aryl methyl sites for hydroxylation is 1. The fourth-order valence-electron chi connectivity index (χ4n) is 2.08. The second-order valence-electron chi connectivity index (χ2n) is 4.49. The molecule has 0 radical (unpaired) electrons. The molecule has 106 valence electrons. The summed E-state index contributed by atoms with van der Waals surface area (Å²) in [5, 5.41) is 3.59. The van der Waals surface area contributed by atoms with Crippen LogP contribution in [0.3, 0.4) is 0 Å². The number of hydrogen-bond donors (Lipinski definition) is 1. The molecule has 5 heteroatoms. The maximum atomic E-state index is 14.1.